The molecule has 0 N–H and O–H groups in total. The molecular formula is C17H32N4O3S. The second kappa shape index (κ2) is 7.90. The molecule has 1 aliphatic carbocycles. The van der Waals surface area contributed by atoms with Crippen LogP contribution in [0.1, 0.15) is 38.5 Å². The van der Waals surface area contributed by atoms with E-state index in [2.05, 4.69) is 4.90 Å². The van der Waals surface area contributed by atoms with Gasteiger partial charge in [-0.3, -0.25) is 4.79 Å². The zero-order valence-electron chi connectivity index (χ0n) is 15.6. The minimum absolute atomic E-state index is 0.0209. The second-order valence-electron chi connectivity index (χ2n) is 7.80. The van der Waals surface area contributed by atoms with Crippen molar-refractivity contribution in [1.82, 2.24) is 18.4 Å². The molecule has 1 amide bonds. The molecule has 3 fully saturated rings. The predicted molar refractivity (Wildman–Crippen MR) is 97.3 cm³/mol. The van der Waals surface area contributed by atoms with Gasteiger partial charge in [0.25, 0.3) is 10.2 Å². The third kappa shape index (κ3) is 4.53. The van der Waals surface area contributed by atoms with E-state index >= 15 is 0 Å². The lowest BCUT2D eigenvalue weighted by molar-refractivity contribution is -0.135. The van der Waals surface area contributed by atoms with Crippen LogP contribution in [0.2, 0.25) is 0 Å². The van der Waals surface area contributed by atoms with Crippen molar-refractivity contribution in [3.8, 4) is 0 Å². The van der Waals surface area contributed by atoms with Gasteiger partial charge in [0, 0.05) is 52.2 Å². The summed E-state index contributed by atoms with van der Waals surface area (Å²) in [5, 5.41) is 0. The van der Waals surface area contributed by atoms with Crippen LogP contribution in [0.4, 0.5) is 0 Å². The van der Waals surface area contributed by atoms with Gasteiger partial charge < -0.3 is 9.80 Å². The highest BCUT2D eigenvalue weighted by Gasteiger charge is 2.41. The summed E-state index contributed by atoms with van der Waals surface area (Å²) in [5.41, 5.74) is 0. The van der Waals surface area contributed by atoms with Crippen molar-refractivity contribution in [3.63, 3.8) is 0 Å². The zero-order chi connectivity index (χ0) is 18.0. The first-order chi connectivity index (χ1) is 11.9. The lowest BCUT2D eigenvalue weighted by Gasteiger charge is -2.33. The van der Waals surface area contributed by atoms with Gasteiger partial charge in [-0.25, -0.2) is 0 Å². The highest BCUT2D eigenvalue weighted by Crippen LogP contribution is 2.33. The molecule has 3 rings (SSSR count). The van der Waals surface area contributed by atoms with Gasteiger partial charge in [0.15, 0.2) is 0 Å². The number of carbonyl (C=O) groups is 1. The third-order valence-electron chi connectivity index (χ3n) is 5.67. The molecule has 144 valence electrons. The molecule has 2 heterocycles. The predicted octanol–water partition coefficient (Wildman–Crippen LogP) is 0.592. The number of hydrogen-bond donors (Lipinski definition) is 0. The number of nitrogens with zero attached hydrogens (tertiary/aromatic N) is 4. The molecule has 2 aliphatic heterocycles. The van der Waals surface area contributed by atoms with Crippen molar-refractivity contribution in [3.05, 3.63) is 0 Å². The van der Waals surface area contributed by atoms with Crippen LogP contribution in [-0.4, -0.2) is 92.1 Å². The van der Waals surface area contributed by atoms with Crippen molar-refractivity contribution < 1.29 is 13.2 Å². The van der Waals surface area contributed by atoms with Gasteiger partial charge in [0.05, 0.1) is 0 Å². The van der Waals surface area contributed by atoms with E-state index in [1.807, 2.05) is 4.90 Å². The maximum absolute atomic E-state index is 12.8. The van der Waals surface area contributed by atoms with Crippen LogP contribution in [0.5, 0.6) is 0 Å². The Balaban J connectivity index is 1.62. The molecule has 0 aromatic rings. The minimum Gasteiger partial charge on any atom is -0.337 e. The van der Waals surface area contributed by atoms with E-state index in [-0.39, 0.29) is 17.9 Å². The SMILES string of the molecule is CN(C)S(=O)(=O)N1CCC(N(CCN2CCCCC2)C(=O)C2CC2)C1. The lowest BCUT2D eigenvalue weighted by atomic mass is 10.1. The summed E-state index contributed by atoms with van der Waals surface area (Å²) in [6, 6.07) is 0.0209. The molecule has 0 bridgehead atoms. The Morgan fingerprint density at radius 2 is 1.72 bits per heavy atom. The van der Waals surface area contributed by atoms with Gasteiger partial charge in [-0.05, 0) is 45.2 Å². The number of likely N-dealkylation sites (tertiary alicyclic amines) is 1. The largest absolute Gasteiger partial charge is 0.337 e. The molecule has 25 heavy (non-hydrogen) atoms. The first kappa shape index (κ1) is 19.1. The van der Waals surface area contributed by atoms with Gasteiger partial charge in [-0.2, -0.15) is 17.0 Å². The van der Waals surface area contributed by atoms with E-state index in [1.54, 1.807) is 14.1 Å². The van der Waals surface area contributed by atoms with E-state index in [0.717, 1.165) is 45.4 Å². The quantitative estimate of drug-likeness (QED) is 0.656. The summed E-state index contributed by atoms with van der Waals surface area (Å²) < 4.78 is 27.5. The molecule has 0 spiro atoms. The third-order valence-corrected chi connectivity index (χ3v) is 7.58. The van der Waals surface area contributed by atoms with Crippen molar-refractivity contribution in [1.29, 1.82) is 0 Å². The van der Waals surface area contributed by atoms with Gasteiger partial charge in [0.2, 0.25) is 5.91 Å². The molecule has 7 nitrogen and oxygen atoms in total. The summed E-state index contributed by atoms with van der Waals surface area (Å²) in [5.74, 6) is 0.423. The van der Waals surface area contributed by atoms with Crippen LogP contribution >= 0.6 is 0 Å². The van der Waals surface area contributed by atoms with E-state index in [0.29, 0.717) is 13.1 Å². The average Bonchev–Trinajstić information content (AvgIpc) is 3.33. The van der Waals surface area contributed by atoms with E-state index in [9.17, 15) is 13.2 Å². The topological polar surface area (TPSA) is 64.2 Å². The number of piperidine rings is 1. The molecule has 0 radical (unpaired) electrons. The number of carbonyl (C=O) groups excluding carboxylic acids is 1. The number of hydrogen-bond acceptors (Lipinski definition) is 4. The van der Waals surface area contributed by atoms with E-state index in [4.69, 9.17) is 0 Å². The highest BCUT2D eigenvalue weighted by atomic mass is 32.2. The maximum atomic E-state index is 12.8. The first-order valence-electron chi connectivity index (χ1n) is 9.60. The molecular weight excluding hydrogens is 340 g/mol. The molecule has 1 saturated carbocycles. The van der Waals surface area contributed by atoms with Crippen LogP contribution in [-0.2, 0) is 15.0 Å². The molecule has 1 atom stereocenters. The standard InChI is InChI=1S/C17H32N4O3S/c1-18(2)25(23,24)20-11-8-16(14-20)21(17(22)15-6-7-15)13-12-19-9-4-3-5-10-19/h15-16H,3-14H2,1-2H3. The van der Waals surface area contributed by atoms with E-state index in [1.165, 1.54) is 27.9 Å². The van der Waals surface area contributed by atoms with Crippen molar-refractivity contribution >= 4 is 16.1 Å². The van der Waals surface area contributed by atoms with Crippen LogP contribution < -0.4 is 0 Å². The highest BCUT2D eigenvalue weighted by molar-refractivity contribution is 7.86. The molecule has 2 saturated heterocycles. The Morgan fingerprint density at radius 1 is 1.04 bits per heavy atom. The Kier molecular flexibility index (Phi) is 6.03. The fraction of sp³-hybridized carbons (Fsp3) is 0.941. The Hall–Kier alpha value is -0.700. The molecule has 0 aromatic heterocycles. The van der Waals surface area contributed by atoms with Crippen LogP contribution in [0.3, 0.4) is 0 Å². The Labute approximate surface area is 152 Å². The fourth-order valence-corrected chi connectivity index (χ4v) is 5.03. The second-order valence-corrected chi connectivity index (χ2v) is 9.94. The summed E-state index contributed by atoms with van der Waals surface area (Å²) in [4.78, 5) is 17.2. The molecule has 3 aliphatic rings. The molecule has 0 aromatic carbocycles. The van der Waals surface area contributed by atoms with Crippen molar-refractivity contribution in [2.45, 2.75) is 44.6 Å². The minimum atomic E-state index is -3.39. The number of amides is 1. The van der Waals surface area contributed by atoms with Gasteiger partial charge in [-0.15, -0.1) is 0 Å². The zero-order valence-corrected chi connectivity index (χ0v) is 16.4. The lowest BCUT2D eigenvalue weighted by Crippen LogP contribution is -2.48. The van der Waals surface area contributed by atoms with Crippen molar-refractivity contribution in [2.24, 2.45) is 5.92 Å². The smallest absolute Gasteiger partial charge is 0.281 e. The maximum Gasteiger partial charge on any atom is 0.281 e. The Morgan fingerprint density at radius 3 is 2.32 bits per heavy atom. The monoisotopic (exact) mass is 372 g/mol. The number of rotatable bonds is 7. The van der Waals surface area contributed by atoms with Crippen molar-refractivity contribution in [2.75, 3.05) is 53.4 Å². The summed E-state index contributed by atoms with van der Waals surface area (Å²) in [7, 11) is -0.267. The van der Waals surface area contributed by atoms with Gasteiger partial charge >= 0.3 is 0 Å². The van der Waals surface area contributed by atoms with Crippen LogP contribution in [0, 0.1) is 5.92 Å². The summed E-state index contributed by atoms with van der Waals surface area (Å²) in [6.07, 6.45) is 6.52. The molecule has 8 heteroatoms. The summed E-state index contributed by atoms with van der Waals surface area (Å²) >= 11 is 0. The van der Waals surface area contributed by atoms with Gasteiger partial charge in [-0.1, -0.05) is 6.42 Å². The Bertz CT molecular complexity index is 570. The fourth-order valence-electron chi connectivity index (χ4n) is 3.88. The normalized spacial score (nSPS) is 26.3. The van der Waals surface area contributed by atoms with Gasteiger partial charge in [0.1, 0.15) is 0 Å². The van der Waals surface area contributed by atoms with Crippen LogP contribution in [0.25, 0.3) is 0 Å². The van der Waals surface area contributed by atoms with Crippen LogP contribution in [0.15, 0.2) is 0 Å². The average molecular weight is 373 g/mol. The molecule has 1 unspecified atom stereocenters. The summed E-state index contributed by atoms with van der Waals surface area (Å²) in [6.45, 7) is 4.82. The first-order valence-corrected chi connectivity index (χ1v) is 11.0. The van der Waals surface area contributed by atoms with E-state index < -0.39 is 10.2 Å².